The summed E-state index contributed by atoms with van der Waals surface area (Å²) in [7, 11) is 0. The van der Waals surface area contributed by atoms with Gasteiger partial charge in [-0.1, -0.05) is 69.7 Å². The number of esters is 1. The maximum absolute atomic E-state index is 11.8. The number of aldehydes is 1. The lowest BCUT2D eigenvalue weighted by molar-refractivity contribution is -0.141. The zero-order valence-corrected chi connectivity index (χ0v) is 15.7. The van der Waals surface area contributed by atoms with E-state index in [0.717, 1.165) is 30.0 Å². The Morgan fingerprint density at radius 3 is 2.58 bits per heavy atom. The third-order valence-corrected chi connectivity index (χ3v) is 4.52. The van der Waals surface area contributed by atoms with Gasteiger partial charge in [0, 0.05) is 23.2 Å². The maximum atomic E-state index is 11.8. The fourth-order valence-corrected chi connectivity index (χ4v) is 3.06. The number of aromatic nitrogens is 1. The van der Waals surface area contributed by atoms with Crippen molar-refractivity contribution in [1.29, 1.82) is 0 Å². The predicted molar refractivity (Wildman–Crippen MR) is 105 cm³/mol. The average Bonchev–Trinajstić information content (AvgIpc) is 3.03. The fourth-order valence-electron chi connectivity index (χ4n) is 3.06. The Hall–Kier alpha value is -2.36. The molecule has 0 saturated heterocycles. The number of nitrogens with zero attached hydrogens (tertiary/aromatic N) is 1. The van der Waals surface area contributed by atoms with Gasteiger partial charge in [-0.05, 0) is 18.9 Å². The minimum atomic E-state index is -0.349. The van der Waals surface area contributed by atoms with Gasteiger partial charge in [0.25, 0.3) is 0 Å². The summed E-state index contributed by atoms with van der Waals surface area (Å²) in [6.45, 7) is 2.33. The second-order valence-corrected chi connectivity index (χ2v) is 6.59. The Kier molecular flexibility index (Phi) is 8.67. The molecule has 4 heteroatoms. The van der Waals surface area contributed by atoms with Crippen molar-refractivity contribution >= 4 is 23.2 Å². The standard InChI is InChI=1S/C22H29NO3/c1-2-3-4-5-6-7-8-9-10-15-22(25)26-18-23-16-19(17-24)20-13-11-12-14-21(20)23/h10-17H,2-9,18H2,1H3. The fraction of sp³-hybridized carbons (Fsp3) is 0.455. The SMILES string of the molecule is CCCCCCCCCC=CC(=O)OCn1cc(C=O)c2ccccc21. The van der Waals surface area contributed by atoms with Gasteiger partial charge in [0.05, 0.1) is 5.52 Å². The topological polar surface area (TPSA) is 48.3 Å². The molecule has 0 amide bonds. The van der Waals surface area contributed by atoms with Crippen LogP contribution in [0.15, 0.2) is 42.6 Å². The van der Waals surface area contributed by atoms with E-state index in [1.54, 1.807) is 10.8 Å². The Bertz CT molecular complexity index is 730. The van der Waals surface area contributed by atoms with Crippen LogP contribution in [-0.2, 0) is 16.3 Å². The first-order valence-electron chi connectivity index (χ1n) is 9.62. The highest BCUT2D eigenvalue weighted by molar-refractivity contribution is 5.97. The molecule has 140 valence electrons. The molecular formula is C22H29NO3. The molecule has 2 rings (SSSR count). The molecule has 0 spiro atoms. The molecular weight excluding hydrogens is 326 g/mol. The number of allylic oxidation sites excluding steroid dienone is 1. The number of para-hydroxylation sites is 1. The van der Waals surface area contributed by atoms with E-state index in [9.17, 15) is 9.59 Å². The van der Waals surface area contributed by atoms with Crippen LogP contribution in [0.5, 0.6) is 0 Å². The van der Waals surface area contributed by atoms with E-state index in [4.69, 9.17) is 4.74 Å². The summed E-state index contributed by atoms with van der Waals surface area (Å²) in [6, 6.07) is 7.59. The molecule has 0 fully saturated rings. The second-order valence-electron chi connectivity index (χ2n) is 6.59. The molecule has 1 aromatic carbocycles. The minimum Gasteiger partial charge on any atom is -0.441 e. The summed E-state index contributed by atoms with van der Waals surface area (Å²) >= 11 is 0. The van der Waals surface area contributed by atoms with Gasteiger partial charge >= 0.3 is 5.97 Å². The highest BCUT2D eigenvalue weighted by Gasteiger charge is 2.08. The van der Waals surface area contributed by atoms with Crippen LogP contribution in [0.4, 0.5) is 0 Å². The van der Waals surface area contributed by atoms with Crippen molar-refractivity contribution < 1.29 is 14.3 Å². The summed E-state index contributed by atoms with van der Waals surface area (Å²) in [6.07, 6.45) is 15.7. The number of unbranched alkanes of at least 4 members (excludes halogenated alkanes) is 7. The summed E-state index contributed by atoms with van der Waals surface area (Å²) < 4.78 is 7.07. The van der Waals surface area contributed by atoms with Crippen LogP contribution in [0.1, 0.15) is 68.6 Å². The molecule has 0 atom stereocenters. The Balaban J connectivity index is 1.70. The lowest BCUT2D eigenvalue weighted by Crippen LogP contribution is -2.06. The number of benzene rings is 1. The van der Waals surface area contributed by atoms with E-state index >= 15 is 0 Å². The number of fused-ring (bicyclic) bond motifs is 1. The quantitative estimate of drug-likeness (QED) is 0.214. The lowest BCUT2D eigenvalue weighted by atomic mass is 10.1. The van der Waals surface area contributed by atoms with Gasteiger partial charge in [-0.15, -0.1) is 0 Å². The molecule has 0 bridgehead atoms. The number of carbonyl (C=O) groups excluding carboxylic acids is 2. The van der Waals surface area contributed by atoms with E-state index in [0.29, 0.717) is 5.56 Å². The molecule has 4 nitrogen and oxygen atoms in total. The molecule has 0 aliphatic carbocycles. The summed E-state index contributed by atoms with van der Waals surface area (Å²) in [4.78, 5) is 23.0. The number of rotatable bonds is 12. The molecule has 0 N–H and O–H groups in total. The van der Waals surface area contributed by atoms with Crippen molar-refractivity contribution in [2.24, 2.45) is 0 Å². The van der Waals surface area contributed by atoms with Crippen molar-refractivity contribution in [2.75, 3.05) is 0 Å². The first-order chi connectivity index (χ1) is 12.8. The van der Waals surface area contributed by atoms with Gasteiger partial charge in [0.1, 0.15) is 0 Å². The Labute approximate surface area is 155 Å². The van der Waals surface area contributed by atoms with E-state index in [-0.39, 0.29) is 12.7 Å². The first kappa shape index (κ1) is 20.0. The predicted octanol–water partition coefficient (Wildman–Crippen LogP) is 5.65. The summed E-state index contributed by atoms with van der Waals surface area (Å²) in [5, 5.41) is 0.869. The molecule has 0 aliphatic heterocycles. The number of ether oxygens (including phenoxy) is 1. The van der Waals surface area contributed by atoms with Crippen LogP contribution in [0.3, 0.4) is 0 Å². The zero-order chi connectivity index (χ0) is 18.6. The first-order valence-corrected chi connectivity index (χ1v) is 9.62. The average molecular weight is 355 g/mol. The Morgan fingerprint density at radius 1 is 1.08 bits per heavy atom. The molecule has 1 aromatic heterocycles. The monoisotopic (exact) mass is 355 g/mol. The van der Waals surface area contributed by atoms with Crippen LogP contribution in [0, 0.1) is 0 Å². The number of hydrogen-bond acceptors (Lipinski definition) is 3. The van der Waals surface area contributed by atoms with Crippen molar-refractivity contribution in [3.63, 3.8) is 0 Å². The smallest absolute Gasteiger partial charge is 0.332 e. The van der Waals surface area contributed by atoms with E-state index in [1.165, 1.54) is 44.6 Å². The molecule has 0 aliphatic rings. The van der Waals surface area contributed by atoms with E-state index < -0.39 is 0 Å². The van der Waals surface area contributed by atoms with Crippen LogP contribution in [0.2, 0.25) is 0 Å². The van der Waals surface area contributed by atoms with Gasteiger partial charge in [-0.25, -0.2) is 4.79 Å². The van der Waals surface area contributed by atoms with Gasteiger partial charge in [0.15, 0.2) is 13.0 Å². The molecule has 2 aromatic rings. The minimum absolute atomic E-state index is 0.106. The van der Waals surface area contributed by atoms with Crippen LogP contribution >= 0.6 is 0 Å². The lowest BCUT2D eigenvalue weighted by Gasteiger charge is -2.05. The highest BCUT2D eigenvalue weighted by Crippen LogP contribution is 2.19. The van der Waals surface area contributed by atoms with Gasteiger partial charge in [-0.2, -0.15) is 0 Å². The van der Waals surface area contributed by atoms with Gasteiger partial charge in [-0.3, -0.25) is 4.79 Å². The molecule has 0 radical (unpaired) electrons. The van der Waals surface area contributed by atoms with Crippen molar-refractivity contribution in [3.8, 4) is 0 Å². The van der Waals surface area contributed by atoms with Gasteiger partial charge in [0.2, 0.25) is 0 Å². The van der Waals surface area contributed by atoms with Crippen LogP contribution in [0.25, 0.3) is 10.9 Å². The zero-order valence-electron chi connectivity index (χ0n) is 15.7. The third kappa shape index (κ3) is 6.17. The second kappa shape index (κ2) is 11.3. The van der Waals surface area contributed by atoms with Crippen molar-refractivity contribution in [2.45, 2.75) is 65.0 Å². The third-order valence-electron chi connectivity index (χ3n) is 4.52. The van der Waals surface area contributed by atoms with E-state index in [2.05, 4.69) is 6.92 Å². The summed E-state index contributed by atoms with van der Waals surface area (Å²) in [5.74, 6) is -0.349. The van der Waals surface area contributed by atoms with Crippen molar-refractivity contribution in [1.82, 2.24) is 4.57 Å². The summed E-state index contributed by atoms with van der Waals surface area (Å²) in [5.41, 5.74) is 1.49. The molecule has 0 saturated carbocycles. The Morgan fingerprint density at radius 2 is 1.81 bits per heavy atom. The molecule has 0 unspecified atom stereocenters. The number of hydrogen-bond donors (Lipinski definition) is 0. The van der Waals surface area contributed by atoms with Crippen LogP contribution in [-0.4, -0.2) is 16.8 Å². The van der Waals surface area contributed by atoms with Crippen LogP contribution < -0.4 is 0 Å². The molecule has 26 heavy (non-hydrogen) atoms. The van der Waals surface area contributed by atoms with Gasteiger partial charge < -0.3 is 9.30 Å². The largest absolute Gasteiger partial charge is 0.441 e. The number of carbonyl (C=O) groups is 2. The normalized spacial score (nSPS) is 11.3. The highest BCUT2D eigenvalue weighted by atomic mass is 16.5. The molecule has 1 heterocycles. The maximum Gasteiger partial charge on any atom is 0.332 e. The van der Waals surface area contributed by atoms with Crippen molar-refractivity contribution in [3.05, 3.63) is 48.2 Å². The van der Waals surface area contributed by atoms with E-state index in [1.807, 2.05) is 30.3 Å².